The molecule has 1 aliphatic rings. The summed E-state index contributed by atoms with van der Waals surface area (Å²) >= 11 is 1.41. The van der Waals surface area contributed by atoms with Crippen LogP contribution in [0.2, 0.25) is 0 Å². The molecule has 4 heterocycles. The first-order valence-corrected chi connectivity index (χ1v) is 11.8. The number of nitrogens with one attached hydrogen (secondary N) is 1. The van der Waals surface area contributed by atoms with E-state index in [0.717, 1.165) is 34.3 Å². The molecule has 2 amide bonds. The predicted octanol–water partition coefficient (Wildman–Crippen LogP) is 4.60. The highest BCUT2D eigenvalue weighted by Gasteiger charge is 2.28. The molecular weight excluding hydrogens is 436 g/mol. The largest absolute Gasteiger partial charge is 0.461 e. The molecule has 8 heteroatoms. The molecule has 0 saturated carbocycles. The van der Waals surface area contributed by atoms with E-state index in [0.29, 0.717) is 35.1 Å². The van der Waals surface area contributed by atoms with Crippen molar-refractivity contribution >= 4 is 33.4 Å². The molecule has 1 fully saturated rings. The predicted molar refractivity (Wildman–Crippen MR) is 127 cm³/mol. The molecular formula is C25H24N4O3S. The first-order valence-electron chi connectivity index (χ1n) is 11.0. The van der Waals surface area contributed by atoms with Crippen molar-refractivity contribution in [2.75, 3.05) is 13.1 Å². The van der Waals surface area contributed by atoms with Crippen LogP contribution < -0.4 is 5.32 Å². The number of benzene rings is 1. The first-order chi connectivity index (χ1) is 16.0. The van der Waals surface area contributed by atoms with Gasteiger partial charge < -0.3 is 14.6 Å². The second kappa shape index (κ2) is 8.78. The third kappa shape index (κ3) is 4.14. The number of aryl methyl sites for hydroxylation is 2. The number of piperidine rings is 1. The molecule has 0 unspecified atom stereocenters. The summed E-state index contributed by atoms with van der Waals surface area (Å²) in [5.74, 6) is 1.09. The average Bonchev–Trinajstić information content (AvgIpc) is 3.48. The summed E-state index contributed by atoms with van der Waals surface area (Å²) in [5, 5.41) is 4.03. The Labute approximate surface area is 195 Å². The van der Waals surface area contributed by atoms with Crippen molar-refractivity contribution in [2.24, 2.45) is 0 Å². The fourth-order valence-corrected chi connectivity index (χ4v) is 5.49. The summed E-state index contributed by atoms with van der Waals surface area (Å²) in [4.78, 5) is 38.4. The molecule has 0 radical (unpaired) electrons. The number of carbonyl (C=O) groups excluding carboxylic acids is 2. The topological polar surface area (TPSA) is 88.3 Å². The minimum atomic E-state index is -0.0675. The van der Waals surface area contributed by atoms with Gasteiger partial charge in [-0.15, -0.1) is 11.3 Å². The number of rotatable bonds is 4. The minimum absolute atomic E-state index is 0.0160. The molecule has 1 aliphatic heterocycles. The van der Waals surface area contributed by atoms with E-state index in [2.05, 4.69) is 15.3 Å². The van der Waals surface area contributed by atoms with Gasteiger partial charge in [0, 0.05) is 30.1 Å². The Morgan fingerprint density at radius 2 is 1.82 bits per heavy atom. The van der Waals surface area contributed by atoms with Crippen LogP contribution in [-0.2, 0) is 0 Å². The maximum Gasteiger partial charge on any atom is 0.264 e. The van der Waals surface area contributed by atoms with Crippen LogP contribution in [0.25, 0.3) is 21.8 Å². The SMILES string of the molecule is Cc1nc(-c2ccco2)nc2sc(C(=O)N3CCC(NC(=O)c4ccccc4)CC3)c(C)c12. The Bertz CT molecular complexity index is 1310. The van der Waals surface area contributed by atoms with E-state index < -0.39 is 0 Å². The zero-order valence-corrected chi connectivity index (χ0v) is 19.3. The lowest BCUT2D eigenvalue weighted by Gasteiger charge is -2.32. The summed E-state index contributed by atoms with van der Waals surface area (Å²) in [6, 6.07) is 12.9. The Morgan fingerprint density at radius 1 is 1.06 bits per heavy atom. The van der Waals surface area contributed by atoms with Crippen molar-refractivity contribution in [1.82, 2.24) is 20.2 Å². The number of furan rings is 1. The van der Waals surface area contributed by atoms with E-state index in [1.54, 1.807) is 24.5 Å². The third-order valence-corrected chi connectivity index (χ3v) is 7.23. The number of amides is 2. The maximum atomic E-state index is 13.3. The van der Waals surface area contributed by atoms with Gasteiger partial charge >= 0.3 is 0 Å². The zero-order valence-electron chi connectivity index (χ0n) is 18.5. The quantitative estimate of drug-likeness (QED) is 0.481. The standard InChI is InChI=1S/C25H24N4O3S/c1-15-20-16(2)26-22(19-9-6-14-32-19)28-24(20)33-21(15)25(31)29-12-10-18(11-13-29)27-23(30)17-7-4-3-5-8-17/h3-9,14,18H,10-13H2,1-2H3,(H,27,30). The van der Waals surface area contributed by atoms with Gasteiger partial charge in [0.2, 0.25) is 0 Å². The molecule has 0 spiro atoms. The van der Waals surface area contributed by atoms with Crippen molar-refractivity contribution < 1.29 is 14.0 Å². The molecule has 1 N–H and O–H groups in total. The van der Waals surface area contributed by atoms with Crippen LogP contribution in [0.5, 0.6) is 0 Å². The Hall–Kier alpha value is -3.52. The van der Waals surface area contributed by atoms with Crippen LogP contribution in [-0.4, -0.2) is 45.8 Å². The van der Waals surface area contributed by atoms with Crippen LogP contribution in [0.4, 0.5) is 0 Å². The summed E-state index contributed by atoms with van der Waals surface area (Å²) < 4.78 is 5.44. The molecule has 7 nitrogen and oxygen atoms in total. The van der Waals surface area contributed by atoms with Crippen molar-refractivity contribution in [1.29, 1.82) is 0 Å². The highest BCUT2D eigenvalue weighted by molar-refractivity contribution is 7.20. The zero-order chi connectivity index (χ0) is 22.9. The molecule has 1 aromatic carbocycles. The van der Waals surface area contributed by atoms with Crippen molar-refractivity contribution in [2.45, 2.75) is 32.7 Å². The van der Waals surface area contributed by atoms with Gasteiger partial charge in [0.1, 0.15) is 4.83 Å². The van der Waals surface area contributed by atoms with E-state index in [1.807, 2.05) is 43.0 Å². The van der Waals surface area contributed by atoms with E-state index in [-0.39, 0.29) is 17.9 Å². The van der Waals surface area contributed by atoms with Gasteiger partial charge in [-0.25, -0.2) is 9.97 Å². The minimum Gasteiger partial charge on any atom is -0.461 e. The Morgan fingerprint density at radius 3 is 2.52 bits per heavy atom. The average molecular weight is 461 g/mol. The highest BCUT2D eigenvalue weighted by atomic mass is 32.1. The molecule has 4 aromatic rings. The highest BCUT2D eigenvalue weighted by Crippen LogP contribution is 2.34. The number of nitrogens with zero attached hydrogens (tertiary/aromatic N) is 3. The first kappa shape index (κ1) is 21.3. The summed E-state index contributed by atoms with van der Waals surface area (Å²) in [7, 11) is 0. The molecule has 0 bridgehead atoms. The van der Waals surface area contributed by atoms with Gasteiger partial charge in [-0.1, -0.05) is 18.2 Å². The molecule has 33 heavy (non-hydrogen) atoms. The summed E-state index contributed by atoms with van der Waals surface area (Å²) in [6.45, 7) is 5.11. The monoisotopic (exact) mass is 460 g/mol. The summed E-state index contributed by atoms with van der Waals surface area (Å²) in [6.07, 6.45) is 3.06. The Kier molecular flexibility index (Phi) is 5.68. The van der Waals surface area contributed by atoms with Crippen LogP contribution in [0.1, 0.15) is 44.1 Å². The number of fused-ring (bicyclic) bond motifs is 1. The maximum absolute atomic E-state index is 13.3. The van der Waals surface area contributed by atoms with Gasteiger partial charge in [-0.3, -0.25) is 9.59 Å². The number of hydrogen-bond donors (Lipinski definition) is 1. The van der Waals surface area contributed by atoms with Gasteiger partial charge in [0.15, 0.2) is 11.6 Å². The lowest BCUT2D eigenvalue weighted by molar-refractivity contribution is 0.0702. The molecule has 0 atom stereocenters. The Balaban J connectivity index is 1.30. The third-order valence-electron chi connectivity index (χ3n) is 6.06. The molecule has 0 aliphatic carbocycles. The summed E-state index contributed by atoms with van der Waals surface area (Å²) in [5.41, 5.74) is 2.41. The molecule has 5 rings (SSSR count). The van der Waals surface area contributed by atoms with Gasteiger partial charge in [-0.2, -0.15) is 0 Å². The fourth-order valence-electron chi connectivity index (χ4n) is 4.29. The fraction of sp³-hybridized carbons (Fsp3) is 0.280. The normalized spacial score (nSPS) is 14.5. The lowest BCUT2D eigenvalue weighted by Crippen LogP contribution is -2.46. The number of likely N-dealkylation sites (tertiary alicyclic amines) is 1. The van der Waals surface area contributed by atoms with Crippen LogP contribution in [0.15, 0.2) is 53.1 Å². The molecule has 3 aromatic heterocycles. The second-order valence-electron chi connectivity index (χ2n) is 8.25. The molecule has 1 saturated heterocycles. The van der Waals surface area contributed by atoms with Gasteiger partial charge in [0.05, 0.1) is 16.8 Å². The van der Waals surface area contributed by atoms with E-state index in [1.165, 1.54) is 11.3 Å². The van der Waals surface area contributed by atoms with Crippen LogP contribution >= 0.6 is 11.3 Å². The lowest BCUT2D eigenvalue weighted by atomic mass is 10.0. The van der Waals surface area contributed by atoms with Gasteiger partial charge in [0.25, 0.3) is 11.8 Å². The van der Waals surface area contributed by atoms with E-state index in [9.17, 15) is 9.59 Å². The second-order valence-corrected chi connectivity index (χ2v) is 9.25. The van der Waals surface area contributed by atoms with Crippen LogP contribution in [0, 0.1) is 13.8 Å². The van der Waals surface area contributed by atoms with Crippen molar-refractivity contribution in [3.63, 3.8) is 0 Å². The number of thiophene rings is 1. The number of carbonyl (C=O) groups is 2. The van der Waals surface area contributed by atoms with E-state index >= 15 is 0 Å². The molecule has 168 valence electrons. The van der Waals surface area contributed by atoms with E-state index in [4.69, 9.17) is 4.42 Å². The number of aromatic nitrogens is 2. The van der Waals surface area contributed by atoms with Crippen molar-refractivity contribution in [3.8, 4) is 11.6 Å². The van der Waals surface area contributed by atoms with Crippen molar-refractivity contribution in [3.05, 3.63) is 70.4 Å². The van der Waals surface area contributed by atoms with Gasteiger partial charge in [-0.05, 0) is 56.5 Å². The number of hydrogen-bond acceptors (Lipinski definition) is 6. The van der Waals surface area contributed by atoms with Crippen LogP contribution in [0.3, 0.4) is 0 Å². The smallest absolute Gasteiger partial charge is 0.264 e.